The molecule has 0 unspecified atom stereocenters. The van der Waals surface area contributed by atoms with Crippen molar-refractivity contribution in [3.8, 4) is 5.75 Å². The van der Waals surface area contributed by atoms with Gasteiger partial charge < -0.3 is 15.2 Å². The van der Waals surface area contributed by atoms with Crippen LogP contribution < -0.4 is 10.1 Å². The number of para-hydroxylation sites is 1. The number of aliphatic hydroxyl groups excluding tert-OH is 1. The van der Waals surface area contributed by atoms with Crippen molar-refractivity contribution in [2.45, 2.75) is 46.0 Å². The molecule has 118 valence electrons. The fourth-order valence-electron chi connectivity index (χ4n) is 2.18. The normalized spacial score (nSPS) is 10.4. The SMILES string of the molecule is Cc1cccc(C)c1OCCC(=O)NCCCCCCO. The van der Waals surface area contributed by atoms with Gasteiger partial charge >= 0.3 is 0 Å². The summed E-state index contributed by atoms with van der Waals surface area (Å²) in [7, 11) is 0. The monoisotopic (exact) mass is 293 g/mol. The van der Waals surface area contributed by atoms with Gasteiger partial charge in [0.2, 0.25) is 5.91 Å². The number of aryl methyl sites for hydroxylation is 2. The largest absolute Gasteiger partial charge is 0.493 e. The third-order valence-electron chi connectivity index (χ3n) is 3.39. The summed E-state index contributed by atoms with van der Waals surface area (Å²) in [6.45, 7) is 5.38. The van der Waals surface area contributed by atoms with Gasteiger partial charge in [-0.15, -0.1) is 0 Å². The minimum atomic E-state index is 0.0309. The molecule has 1 aromatic rings. The molecule has 0 radical (unpaired) electrons. The Kier molecular flexibility index (Phi) is 8.51. The third kappa shape index (κ3) is 7.14. The first-order chi connectivity index (χ1) is 10.1. The molecular formula is C17H27NO3. The Morgan fingerprint density at radius 3 is 2.48 bits per heavy atom. The lowest BCUT2D eigenvalue weighted by Crippen LogP contribution is -2.26. The van der Waals surface area contributed by atoms with Crippen molar-refractivity contribution in [1.29, 1.82) is 0 Å². The summed E-state index contributed by atoms with van der Waals surface area (Å²) < 4.78 is 5.71. The molecule has 21 heavy (non-hydrogen) atoms. The van der Waals surface area contributed by atoms with E-state index in [-0.39, 0.29) is 12.5 Å². The van der Waals surface area contributed by atoms with Gasteiger partial charge in [0.05, 0.1) is 13.0 Å². The number of aliphatic hydroxyl groups is 1. The lowest BCUT2D eigenvalue weighted by Gasteiger charge is -2.11. The zero-order valence-corrected chi connectivity index (χ0v) is 13.2. The zero-order valence-electron chi connectivity index (χ0n) is 13.2. The highest BCUT2D eigenvalue weighted by molar-refractivity contribution is 5.75. The molecule has 0 atom stereocenters. The van der Waals surface area contributed by atoms with Crippen molar-refractivity contribution in [3.63, 3.8) is 0 Å². The minimum Gasteiger partial charge on any atom is -0.493 e. The average molecular weight is 293 g/mol. The average Bonchev–Trinajstić information content (AvgIpc) is 2.46. The standard InChI is InChI=1S/C17H27NO3/c1-14-8-7-9-15(2)17(14)21-13-10-16(20)18-11-5-3-4-6-12-19/h7-9,19H,3-6,10-13H2,1-2H3,(H,18,20). The number of hydrogen-bond donors (Lipinski definition) is 2. The highest BCUT2D eigenvalue weighted by atomic mass is 16.5. The molecule has 1 aromatic carbocycles. The molecule has 0 fully saturated rings. The summed E-state index contributed by atoms with van der Waals surface area (Å²) in [6, 6.07) is 6.02. The van der Waals surface area contributed by atoms with Gasteiger partial charge in [0.25, 0.3) is 0 Å². The van der Waals surface area contributed by atoms with Crippen molar-refractivity contribution < 1.29 is 14.6 Å². The van der Waals surface area contributed by atoms with Gasteiger partial charge in [-0.2, -0.15) is 0 Å². The second-order valence-electron chi connectivity index (χ2n) is 5.31. The lowest BCUT2D eigenvalue weighted by molar-refractivity contribution is -0.121. The highest BCUT2D eigenvalue weighted by Crippen LogP contribution is 2.22. The molecule has 1 rings (SSSR count). The van der Waals surface area contributed by atoms with Crippen LogP contribution in [0.5, 0.6) is 5.75 Å². The number of carbonyl (C=O) groups excluding carboxylic acids is 1. The molecule has 1 amide bonds. The number of ether oxygens (including phenoxy) is 1. The maximum Gasteiger partial charge on any atom is 0.223 e. The summed E-state index contributed by atoms with van der Waals surface area (Å²) >= 11 is 0. The smallest absolute Gasteiger partial charge is 0.223 e. The minimum absolute atomic E-state index is 0.0309. The first-order valence-corrected chi connectivity index (χ1v) is 7.71. The quantitative estimate of drug-likeness (QED) is 0.652. The van der Waals surface area contributed by atoms with Gasteiger partial charge in [0, 0.05) is 13.2 Å². The summed E-state index contributed by atoms with van der Waals surface area (Å²) in [5.74, 6) is 0.915. The third-order valence-corrected chi connectivity index (χ3v) is 3.39. The number of amides is 1. The number of rotatable bonds is 10. The van der Waals surface area contributed by atoms with E-state index in [0.717, 1.165) is 42.6 Å². The number of hydrogen-bond acceptors (Lipinski definition) is 3. The molecule has 0 spiro atoms. The topological polar surface area (TPSA) is 58.6 Å². The molecule has 0 heterocycles. The summed E-state index contributed by atoms with van der Waals surface area (Å²) in [5.41, 5.74) is 2.19. The second kappa shape index (κ2) is 10.2. The van der Waals surface area contributed by atoms with Crippen LogP contribution in [0.1, 0.15) is 43.2 Å². The first kappa shape index (κ1) is 17.5. The Balaban J connectivity index is 2.13. The van der Waals surface area contributed by atoms with Crippen LogP contribution >= 0.6 is 0 Å². The summed E-state index contributed by atoms with van der Waals surface area (Å²) in [4.78, 5) is 11.7. The fraction of sp³-hybridized carbons (Fsp3) is 0.588. The highest BCUT2D eigenvalue weighted by Gasteiger charge is 2.05. The van der Waals surface area contributed by atoms with Gasteiger partial charge in [-0.25, -0.2) is 0 Å². The van der Waals surface area contributed by atoms with Gasteiger partial charge in [-0.3, -0.25) is 4.79 Å². The van der Waals surface area contributed by atoms with E-state index < -0.39 is 0 Å². The Labute approximate surface area is 127 Å². The summed E-state index contributed by atoms with van der Waals surface area (Å²) in [6.07, 6.45) is 4.24. The van der Waals surface area contributed by atoms with E-state index in [9.17, 15) is 4.79 Å². The van der Waals surface area contributed by atoms with E-state index in [1.54, 1.807) is 0 Å². The van der Waals surface area contributed by atoms with Crippen LogP contribution in [0.15, 0.2) is 18.2 Å². The Bertz CT molecular complexity index is 412. The van der Waals surface area contributed by atoms with E-state index >= 15 is 0 Å². The number of unbranched alkanes of at least 4 members (excludes halogenated alkanes) is 3. The molecule has 4 nitrogen and oxygen atoms in total. The number of carbonyl (C=O) groups is 1. The van der Waals surface area contributed by atoms with E-state index in [4.69, 9.17) is 9.84 Å². The Morgan fingerprint density at radius 1 is 1.14 bits per heavy atom. The molecule has 0 aliphatic carbocycles. The van der Waals surface area contributed by atoms with E-state index in [1.807, 2.05) is 32.0 Å². The molecule has 4 heteroatoms. The van der Waals surface area contributed by atoms with Crippen molar-refractivity contribution in [3.05, 3.63) is 29.3 Å². The van der Waals surface area contributed by atoms with Gasteiger partial charge in [0.1, 0.15) is 5.75 Å². The number of benzene rings is 1. The second-order valence-corrected chi connectivity index (χ2v) is 5.31. The van der Waals surface area contributed by atoms with Crippen LogP contribution in [0, 0.1) is 13.8 Å². The fourth-order valence-corrected chi connectivity index (χ4v) is 2.18. The van der Waals surface area contributed by atoms with Gasteiger partial charge in [0.15, 0.2) is 0 Å². The van der Waals surface area contributed by atoms with Crippen LogP contribution in [0.25, 0.3) is 0 Å². The first-order valence-electron chi connectivity index (χ1n) is 7.71. The van der Waals surface area contributed by atoms with Crippen LogP contribution in [0.2, 0.25) is 0 Å². The van der Waals surface area contributed by atoms with E-state index in [1.165, 1.54) is 0 Å². The predicted molar refractivity (Wildman–Crippen MR) is 84.6 cm³/mol. The molecule has 0 aromatic heterocycles. The van der Waals surface area contributed by atoms with Crippen molar-refractivity contribution >= 4 is 5.91 Å². The molecule has 0 aliphatic rings. The van der Waals surface area contributed by atoms with Crippen LogP contribution in [0.4, 0.5) is 0 Å². The van der Waals surface area contributed by atoms with Gasteiger partial charge in [-0.1, -0.05) is 31.0 Å². The van der Waals surface area contributed by atoms with E-state index in [0.29, 0.717) is 19.6 Å². The van der Waals surface area contributed by atoms with E-state index in [2.05, 4.69) is 5.32 Å². The molecule has 0 saturated heterocycles. The molecule has 2 N–H and O–H groups in total. The zero-order chi connectivity index (χ0) is 15.5. The maximum atomic E-state index is 11.7. The van der Waals surface area contributed by atoms with Crippen LogP contribution in [-0.2, 0) is 4.79 Å². The molecular weight excluding hydrogens is 266 g/mol. The predicted octanol–water partition coefficient (Wildman–Crippen LogP) is 2.74. The van der Waals surface area contributed by atoms with Crippen LogP contribution in [0.3, 0.4) is 0 Å². The lowest BCUT2D eigenvalue weighted by atomic mass is 10.1. The number of nitrogens with one attached hydrogen (secondary N) is 1. The van der Waals surface area contributed by atoms with Crippen molar-refractivity contribution in [1.82, 2.24) is 5.32 Å². The molecule has 0 saturated carbocycles. The van der Waals surface area contributed by atoms with Gasteiger partial charge in [-0.05, 0) is 37.8 Å². The Morgan fingerprint density at radius 2 is 1.81 bits per heavy atom. The molecule has 0 aliphatic heterocycles. The molecule has 0 bridgehead atoms. The Hall–Kier alpha value is -1.55. The van der Waals surface area contributed by atoms with Crippen molar-refractivity contribution in [2.75, 3.05) is 19.8 Å². The maximum absolute atomic E-state index is 11.7. The van der Waals surface area contributed by atoms with Crippen LogP contribution in [-0.4, -0.2) is 30.8 Å². The van der Waals surface area contributed by atoms with Crippen molar-refractivity contribution in [2.24, 2.45) is 0 Å². The summed E-state index contributed by atoms with van der Waals surface area (Å²) in [5, 5.41) is 11.6.